The van der Waals surface area contributed by atoms with Gasteiger partial charge in [-0.2, -0.15) is 0 Å². The summed E-state index contributed by atoms with van der Waals surface area (Å²) in [5, 5.41) is 0. The number of likely N-dealkylation sites (tertiary alicyclic amines) is 1. The molecule has 2 aromatic rings. The zero-order valence-electron chi connectivity index (χ0n) is 22.9. The number of carbonyl (C=O) groups is 2. The fourth-order valence-electron chi connectivity index (χ4n) is 5.59. The molecule has 1 saturated heterocycles. The predicted octanol–water partition coefficient (Wildman–Crippen LogP) is 7.11. The van der Waals surface area contributed by atoms with Crippen LogP contribution in [0.4, 0.5) is 4.39 Å². The second-order valence-corrected chi connectivity index (χ2v) is 10.7. The molecule has 5 nitrogen and oxygen atoms in total. The van der Waals surface area contributed by atoms with Gasteiger partial charge in [0.05, 0.1) is 11.4 Å². The molecule has 5 rings (SSSR count). The minimum atomic E-state index is -0.307. The Morgan fingerprint density at radius 1 is 1.05 bits per heavy atom. The van der Waals surface area contributed by atoms with Crippen molar-refractivity contribution in [1.82, 2.24) is 14.8 Å². The monoisotopic (exact) mass is 525 g/mol. The van der Waals surface area contributed by atoms with Crippen LogP contribution in [0, 0.1) is 12.7 Å². The highest BCUT2D eigenvalue weighted by Crippen LogP contribution is 2.37. The highest BCUT2D eigenvalue weighted by atomic mass is 19.1. The maximum absolute atomic E-state index is 14.8. The average molecular weight is 526 g/mol. The molecule has 4 heterocycles. The van der Waals surface area contributed by atoms with Crippen LogP contribution < -0.4 is 0 Å². The Morgan fingerprint density at radius 2 is 1.90 bits per heavy atom. The molecule has 3 aliphatic rings. The van der Waals surface area contributed by atoms with Gasteiger partial charge in [-0.15, -0.1) is 0 Å². The predicted molar refractivity (Wildman–Crippen MR) is 153 cm³/mol. The summed E-state index contributed by atoms with van der Waals surface area (Å²) in [6, 6.07) is 8.87. The van der Waals surface area contributed by atoms with E-state index in [0.717, 1.165) is 74.0 Å². The molecule has 0 N–H and O–H groups in total. The Balaban J connectivity index is 1.28. The second-order valence-electron chi connectivity index (χ2n) is 10.7. The Hall–Kier alpha value is -3.80. The first kappa shape index (κ1) is 26.8. The zero-order valence-corrected chi connectivity index (χ0v) is 22.9. The Kier molecular flexibility index (Phi) is 8.20. The zero-order chi connectivity index (χ0) is 27.4. The molecule has 0 radical (unpaired) electrons. The maximum atomic E-state index is 14.8. The SMILES string of the molecule is CC1=C2C=CC(c3cccnc3-c3cc(C)ccc3F)=CN2C(C(=O)CCCCCCN2CCCC2=O)=CC1. The fraction of sp³-hybridized carbons (Fsp3) is 0.364. The molecule has 39 heavy (non-hydrogen) atoms. The van der Waals surface area contributed by atoms with Gasteiger partial charge in [0.1, 0.15) is 5.82 Å². The summed E-state index contributed by atoms with van der Waals surface area (Å²) in [5.74, 6) is 0.105. The molecular formula is C33H36FN3O2. The van der Waals surface area contributed by atoms with Crippen molar-refractivity contribution in [3.05, 3.63) is 94.9 Å². The van der Waals surface area contributed by atoms with Gasteiger partial charge in [0.15, 0.2) is 5.78 Å². The van der Waals surface area contributed by atoms with Crippen LogP contribution in [0.2, 0.25) is 0 Å². The lowest BCUT2D eigenvalue weighted by Gasteiger charge is -2.32. The van der Waals surface area contributed by atoms with Crippen LogP contribution in [0.3, 0.4) is 0 Å². The minimum absolute atomic E-state index is 0.136. The van der Waals surface area contributed by atoms with E-state index in [2.05, 4.69) is 11.9 Å². The van der Waals surface area contributed by atoms with E-state index >= 15 is 0 Å². The van der Waals surface area contributed by atoms with Crippen molar-refractivity contribution in [2.24, 2.45) is 0 Å². The van der Waals surface area contributed by atoms with E-state index in [1.54, 1.807) is 12.3 Å². The van der Waals surface area contributed by atoms with Crippen molar-refractivity contribution in [1.29, 1.82) is 0 Å². The first-order valence-corrected chi connectivity index (χ1v) is 14.0. The standard InChI is InChI=1S/C33H36FN3O2/c1-23-12-15-28(34)27(21-23)33-26(9-7-18-35-33)25-14-17-29-24(2)13-16-30(37(29)22-25)31(38)10-5-3-4-6-19-36-20-8-11-32(36)39/h7,9,12,14-18,21-22H,3-6,8,10-11,13,19-20H2,1-2H3. The van der Waals surface area contributed by atoms with Gasteiger partial charge in [-0.3, -0.25) is 14.6 Å². The van der Waals surface area contributed by atoms with Crippen LogP contribution in [-0.2, 0) is 9.59 Å². The van der Waals surface area contributed by atoms with E-state index in [4.69, 9.17) is 0 Å². The van der Waals surface area contributed by atoms with Crippen molar-refractivity contribution in [2.75, 3.05) is 13.1 Å². The third-order valence-electron chi connectivity index (χ3n) is 7.78. The molecule has 0 unspecified atom stereocenters. The van der Waals surface area contributed by atoms with Gasteiger partial charge in [-0.1, -0.05) is 42.7 Å². The number of carbonyl (C=O) groups excluding carboxylic acids is 2. The molecule has 1 aromatic heterocycles. The van der Waals surface area contributed by atoms with Gasteiger partial charge in [0, 0.05) is 60.7 Å². The Bertz CT molecular complexity index is 1400. The molecular weight excluding hydrogens is 489 g/mol. The molecule has 6 heteroatoms. The number of aromatic nitrogens is 1. The lowest BCUT2D eigenvalue weighted by molar-refractivity contribution is -0.127. The third kappa shape index (κ3) is 5.95. The summed E-state index contributed by atoms with van der Waals surface area (Å²) in [6.45, 7) is 5.75. The number of nitrogens with zero attached hydrogens (tertiary/aromatic N) is 3. The number of ketones is 1. The van der Waals surface area contributed by atoms with Crippen molar-refractivity contribution in [3.8, 4) is 11.3 Å². The van der Waals surface area contributed by atoms with Crippen LogP contribution in [0.5, 0.6) is 0 Å². The fourth-order valence-corrected chi connectivity index (χ4v) is 5.59. The molecule has 0 bridgehead atoms. The smallest absolute Gasteiger partial charge is 0.222 e. The molecule has 1 fully saturated rings. The number of unbranched alkanes of at least 4 members (excludes halogenated alkanes) is 3. The van der Waals surface area contributed by atoms with Gasteiger partial charge < -0.3 is 9.80 Å². The number of benzene rings is 1. The van der Waals surface area contributed by atoms with E-state index in [-0.39, 0.29) is 17.5 Å². The molecule has 3 aliphatic heterocycles. The number of halogens is 1. The highest BCUT2D eigenvalue weighted by Gasteiger charge is 2.26. The van der Waals surface area contributed by atoms with Gasteiger partial charge in [0.2, 0.25) is 5.91 Å². The van der Waals surface area contributed by atoms with E-state index in [9.17, 15) is 14.0 Å². The number of rotatable bonds is 10. The summed E-state index contributed by atoms with van der Waals surface area (Å²) in [6.07, 6.45) is 16.5. The summed E-state index contributed by atoms with van der Waals surface area (Å²) < 4.78 is 14.8. The number of Topliss-reactive ketones (excluding diaryl/α,β-unsaturated/α-hetero) is 1. The lowest BCUT2D eigenvalue weighted by Crippen LogP contribution is -2.27. The number of pyridine rings is 1. The molecule has 1 aromatic carbocycles. The molecule has 0 saturated carbocycles. The highest BCUT2D eigenvalue weighted by molar-refractivity contribution is 5.96. The van der Waals surface area contributed by atoms with Crippen LogP contribution >= 0.6 is 0 Å². The first-order chi connectivity index (χ1) is 18.9. The minimum Gasteiger partial charge on any atom is -0.343 e. The number of fused-ring (bicyclic) bond motifs is 1. The molecule has 1 amide bonds. The first-order valence-electron chi connectivity index (χ1n) is 14.0. The largest absolute Gasteiger partial charge is 0.343 e. The summed E-state index contributed by atoms with van der Waals surface area (Å²) in [4.78, 5) is 33.6. The van der Waals surface area contributed by atoms with Crippen LogP contribution in [-0.4, -0.2) is 39.6 Å². The topological polar surface area (TPSA) is 53.5 Å². The van der Waals surface area contributed by atoms with Gasteiger partial charge >= 0.3 is 0 Å². The Morgan fingerprint density at radius 3 is 2.72 bits per heavy atom. The number of amides is 1. The maximum Gasteiger partial charge on any atom is 0.222 e. The van der Waals surface area contributed by atoms with Crippen molar-refractivity contribution in [3.63, 3.8) is 0 Å². The average Bonchev–Trinajstić information content (AvgIpc) is 3.36. The van der Waals surface area contributed by atoms with E-state index in [1.807, 2.05) is 59.4 Å². The third-order valence-corrected chi connectivity index (χ3v) is 7.78. The van der Waals surface area contributed by atoms with Crippen LogP contribution in [0.15, 0.2) is 77.9 Å². The van der Waals surface area contributed by atoms with Crippen molar-refractivity contribution < 1.29 is 14.0 Å². The van der Waals surface area contributed by atoms with Crippen molar-refractivity contribution >= 4 is 17.3 Å². The Labute approximate surface area is 230 Å². The van der Waals surface area contributed by atoms with Gasteiger partial charge in [0.25, 0.3) is 0 Å². The van der Waals surface area contributed by atoms with E-state index < -0.39 is 0 Å². The van der Waals surface area contributed by atoms with E-state index in [1.165, 1.54) is 11.6 Å². The summed E-state index contributed by atoms with van der Waals surface area (Å²) in [7, 11) is 0. The molecule has 0 spiro atoms. The second kappa shape index (κ2) is 11.9. The normalized spacial score (nSPS) is 16.9. The number of hydrogen-bond donors (Lipinski definition) is 0. The summed E-state index contributed by atoms with van der Waals surface area (Å²) >= 11 is 0. The van der Waals surface area contributed by atoms with Crippen molar-refractivity contribution in [2.45, 2.75) is 65.2 Å². The number of hydrogen-bond acceptors (Lipinski definition) is 4. The van der Waals surface area contributed by atoms with Crippen LogP contribution in [0.25, 0.3) is 16.8 Å². The number of aryl methyl sites for hydroxylation is 1. The van der Waals surface area contributed by atoms with E-state index in [0.29, 0.717) is 29.8 Å². The molecule has 0 atom stereocenters. The van der Waals surface area contributed by atoms with Gasteiger partial charge in [-0.25, -0.2) is 4.39 Å². The lowest BCUT2D eigenvalue weighted by atomic mass is 9.93. The number of allylic oxidation sites excluding steroid dienone is 6. The van der Waals surface area contributed by atoms with Crippen LogP contribution in [0.1, 0.15) is 69.4 Å². The molecule has 0 aliphatic carbocycles. The molecule has 202 valence electrons. The van der Waals surface area contributed by atoms with Gasteiger partial charge in [-0.05, 0) is 69.4 Å². The quantitative estimate of drug-likeness (QED) is 0.310. The summed E-state index contributed by atoms with van der Waals surface area (Å²) in [5.41, 5.74) is 6.65.